The van der Waals surface area contributed by atoms with E-state index in [1.54, 1.807) is 0 Å². The summed E-state index contributed by atoms with van der Waals surface area (Å²) in [5.74, 6) is -0.387. The number of hydrogen-bond donors (Lipinski definition) is 2. The van der Waals surface area contributed by atoms with Crippen LogP contribution in [0.4, 0.5) is 0 Å². The molecule has 0 aliphatic rings. The van der Waals surface area contributed by atoms with E-state index < -0.39 is 5.54 Å². The number of rotatable bonds is 3. The molecule has 1 heterocycles. The van der Waals surface area contributed by atoms with Gasteiger partial charge in [0, 0.05) is 0 Å². The standard InChI is InChI=1S/C6H11N5OS/c1-6(2,3-4(7)12)11-5(13)8-9-10-11/h3H2,1-2H3,(H2,7,12)(H,8,10,13). The van der Waals surface area contributed by atoms with Gasteiger partial charge in [-0.1, -0.05) is 10.3 Å². The number of carbonyl (C=O) groups excluding carboxylic acids is 1. The highest BCUT2D eigenvalue weighted by atomic mass is 32.1. The van der Waals surface area contributed by atoms with E-state index in [1.165, 1.54) is 4.68 Å². The first kappa shape index (κ1) is 9.85. The number of primary amides is 1. The minimum Gasteiger partial charge on any atom is -0.370 e. The number of amides is 1. The van der Waals surface area contributed by atoms with Crippen molar-refractivity contribution in [2.45, 2.75) is 25.8 Å². The first-order valence-electron chi connectivity index (χ1n) is 3.72. The largest absolute Gasteiger partial charge is 0.370 e. The van der Waals surface area contributed by atoms with Crippen LogP contribution in [0, 0.1) is 4.77 Å². The smallest absolute Gasteiger partial charge is 0.238 e. The molecule has 7 heteroatoms. The van der Waals surface area contributed by atoms with E-state index in [4.69, 9.17) is 18.0 Å². The monoisotopic (exact) mass is 201 g/mol. The zero-order valence-electron chi connectivity index (χ0n) is 7.44. The zero-order valence-corrected chi connectivity index (χ0v) is 8.26. The average Bonchev–Trinajstić information content (AvgIpc) is 2.32. The number of carbonyl (C=O) groups is 1. The van der Waals surface area contributed by atoms with Crippen molar-refractivity contribution in [2.75, 3.05) is 0 Å². The van der Waals surface area contributed by atoms with Gasteiger partial charge in [0.1, 0.15) is 0 Å². The summed E-state index contributed by atoms with van der Waals surface area (Å²) in [5.41, 5.74) is 4.59. The van der Waals surface area contributed by atoms with Gasteiger partial charge in [-0.15, -0.1) is 0 Å². The van der Waals surface area contributed by atoms with Crippen LogP contribution in [0.3, 0.4) is 0 Å². The Labute approximate surface area is 80.1 Å². The number of aromatic amines is 1. The second kappa shape index (κ2) is 3.25. The van der Waals surface area contributed by atoms with Crippen LogP contribution in [0.25, 0.3) is 0 Å². The van der Waals surface area contributed by atoms with Gasteiger partial charge in [-0.2, -0.15) is 5.21 Å². The highest BCUT2D eigenvalue weighted by Crippen LogP contribution is 2.17. The van der Waals surface area contributed by atoms with Crippen molar-refractivity contribution in [3.8, 4) is 0 Å². The molecule has 1 rings (SSSR count). The molecule has 1 aromatic rings. The molecule has 0 saturated carbocycles. The van der Waals surface area contributed by atoms with E-state index in [1.807, 2.05) is 13.8 Å². The molecule has 0 aromatic carbocycles. The van der Waals surface area contributed by atoms with Crippen molar-refractivity contribution in [3.05, 3.63) is 4.77 Å². The molecule has 0 atom stereocenters. The third-order valence-electron chi connectivity index (χ3n) is 1.68. The maximum absolute atomic E-state index is 10.7. The van der Waals surface area contributed by atoms with Crippen LogP contribution in [-0.4, -0.2) is 26.1 Å². The molecule has 0 spiro atoms. The Morgan fingerprint density at radius 1 is 1.77 bits per heavy atom. The SMILES string of the molecule is CC(C)(CC(N)=O)n1[nH]nnc1=S. The average molecular weight is 201 g/mol. The molecular weight excluding hydrogens is 190 g/mol. The number of nitrogens with two attached hydrogens (primary N) is 1. The van der Waals surface area contributed by atoms with E-state index >= 15 is 0 Å². The fourth-order valence-electron chi connectivity index (χ4n) is 1.10. The van der Waals surface area contributed by atoms with Crippen LogP contribution < -0.4 is 5.73 Å². The van der Waals surface area contributed by atoms with Gasteiger partial charge >= 0.3 is 0 Å². The highest BCUT2D eigenvalue weighted by Gasteiger charge is 2.24. The molecule has 0 bridgehead atoms. The Morgan fingerprint density at radius 2 is 2.38 bits per heavy atom. The lowest BCUT2D eigenvalue weighted by atomic mass is 10.0. The lowest BCUT2D eigenvalue weighted by Crippen LogP contribution is -2.33. The first-order valence-corrected chi connectivity index (χ1v) is 4.13. The maximum atomic E-state index is 10.7. The molecular formula is C6H11N5OS. The van der Waals surface area contributed by atoms with Gasteiger partial charge in [0.25, 0.3) is 0 Å². The van der Waals surface area contributed by atoms with Crippen LogP contribution in [0.15, 0.2) is 0 Å². The number of tetrazole rings is 1. The van der Waals surface area contributed by atoms with Crippen LogP contribution >= 0.6 is 12.2 Å². The summed E-state index contributed by atoms with van der Waals surface area (Å²) in [6.07, 6.45) is 0.186. The van der Waals surface area contributed by atoms with Crippen molar-refractivity contribution in [1.29, 1.82) is 0 Å². The van der Waals surface area contributed by atoms with Crippen LogP contribution in [-0.2, 0) is 10.3 Å². The summed E-state index contributed by atoms with van der Waals surface area (Å²) in [6.45, 7) is 3.65. The number of hydrogen-bond acceptors (Lipinski definition) is 4. The van der Waals surface area contributed by atoms with Crippen molar-refractivity contribution in [1.82, 2.24) is 20.2 Å². The van der Waals surface area contributed by atoms with Gasteiger partial charge in [0.2, 0.25) is 10.7 Å². The zero-order chi connectivity index (χ0) is 10.1. The van der Waals surface area contributed by atoms with Crippen LogP contribution in [0.5, 0.6) is 0 Å². The minimum atomic E-state index is -0.508. The molecule has 13 heavy (non-hydrogen) atoms. The molecule has 1 amide bonds. The molecule has 0 radical (unpaired) electrons. The summed E-state index contributed by atoms with van der Waals surface area (Å²) in [7, 11) is 0. The molecule has 1 aromatic heterocycles. The topological polar surface area (TPSA) is 89.6 Å². The summed E-state index contributed by atoms with van der Waals surface area (Å²) in [4.78, 5) is 10.7. The molecule has 72 valence electrons. The summed E-state index contributed by atoms with van der Waals surface area (Å²) in [6, 6.07) is 0. The number of nitrogens with one attached hydrogen (secondary N) is 1. The van der Waals surface area contributed by atoms with E-state index in [0.29, 0.717) is 4.77 Å². The lowest BCUT2D eigenvalue weighted by molar-refractivity contribution is -0.119. The maximum Gasteiger partial charge on any atom is 0.238 e. The van der Waals surface area contributed by atoms with Gasteiger partial charge in [0.15, 0.2) is 0 Å². The predicted molar refractivity (Wildman–Crippen MR) is 48.3 cm³/mol. The third-order valence-corrected chi connectivity index (χ3v) is 1.95. The van der Waals surface area contributed by atoms with Gasteiger partial charge in [0.05, 0.1) is 12.0 Å². The van der Waals surface area contributed by atoms with Crippen molar-refractivity contribution < 1.29 is 4.79 Å². The molecule has 0 aliphatic heterocycles. The van der Waals surface area contributed by atoms with E-state index in [9.17, 15) is 4.79 Å². The second-order valence-electron chi connectivity index (χ2n) is 3.37. The van der Waals surface area contributed by atoms with Gasteiger partial charge < -0.3 is 5.73 Å². The summed E-state index contributed by atoms with van der Waals surface area (Å²) in [5, 5.41) is 9.73. The van der Waals surface area contributed by atoms with Crippen LogP contribution in [0.1, 0.15) is 20.3 Å². The Balaban J connectivity index is 3.00. The third kappa shape index (κ3) is 2.11. The number of nitrogens with zero attached hydrogens (tertiary/aromatic N) is 3. The normalized spacial score (nSPS) is 11.5. The molecule has 0 saturated heterocycles. The molecule has 0 aliphatic carbocycles. The molecule has 6 nitrogen and oxygen atoms in total. The fraction of sp³-hybridized carbons (Fsp3) is 0.667. The molecule has 3 N–H and O–H groups in total. The highest BCUT2D eigenvalue weighted by molar-refractivity contribution is 7.71. The lowest BCUT2D eigenvalue weighted by Gasteiger charge is -2.22. The number of aromatic nitrogens is 4. The van der Waals surface area contributed by atoms with Crippen molar-refractivity contribution in [3.63, 3.8) is 0 Å². The van der Waals surface area contributed by atoms with Crippen molar-refractivity contribution in [2.24, 2.45) is 5.73 Å². The Bertz CT molecular complexity index is 365. The van der Waals surface area contributed by atoms with Gasteiger partial charge in [-0.25, -0.2) is 4.68 Å². The molecule has 0 unspecified atom stereocenters. The minimum absolute atomic E-state index is 0.186. The Morgan fingerprint density at radius 3 is 2.77 bits per heavy atom. The van der Waals surface area contributed by atoms with E-state index in [-0.39, 0.29) is 12.3 Å². The predicted octanol–water partition coefficient (Wildman–Crippen LogP) is -0.0538. The Hall–Kier alpha value is -1.24. The van der Waals surface area contributed by atoms with Crippen LogP contribution in [0.2, 0.25) is 0 Å². The van der Waals surface area contributed by atoms with Crippen molar-refractivity contribution >= 4 is 18.1 Å². The summed E-state index contributed by atoms with van der Waals surface area (Å²) >= 11 is 4.89. The van der Waals surface area contributed by atoms with E-state index in [2.05, 4.69) is 15.5 Å². The Kier molecular flexibility index (Phi) is 2.46. The quantitative estimate of drug-likeness (QED) is 0.671. The number of H-pyrrole nitrogens is 1. The van der Waals surface area contributed by atoms with E-state index in [0.717, 1.165) is 0 Å². The second-order valence-corrected chi connectivity index (χ2v) is 3.74. The van der Waals surface area contributed by atoms with Gasteiger partial charge in [-0.05, 0) is 26.1 Å². The first-order chi connectivity index (χ1) is 5.93. The fourth-order valence-corrected chi connectivity index (χ4v) is 1.43. The van der Waals surface area contributed by atoms with Gasteiger partial charge in [-0.3, -0.25) is 4.79 Å². The summed E-state index contributed by atoms with van der Waals surface area (Å²) < 4.78 is 1.85. The molecule has 0 fully saturated rings.